The standard InChI is InChI=1S/C17H15F3N4O3.C8H16/c1-24-13-8-14(26-2)11(15(21)25)7-12(13)23-16(24)22-9-3-5-10(6-4-9)27-17(18,19)20;1-8(2)6-4-3-5-7-8/h3-8H,1-2H3,(H2,21,25)(H,22,23);3-7H2,1-2H3. The van der Waals surface area contributed by atoms with Crippen LogP contribution in [0.5, 0.6) is 11.5 Å². The maximum absolute atomic E-state index is 12.2. The van der Waals surface area contributed by atoms with Crippen LogP contribution in [-0.2, 0) is 7.05 Å². The van der Waals surface area contributed by atoms with Crippen molar-refractivity contribution in [2.24, 2.45) is 18.2 Å². The Bertz CT molecular complexity index is 1160. The number of nitrogens with two attached hydrogens (primary N) is 1. The third kappa shape index (κ3) is 7.03. The fourth-order valence-corrected chi connectivity index (χ4v) is 4.07. The number of carbonyl (C=O) groups is 1. The maximum atomic E-state index is 12.2. The molecule has 1 heterocycles. The Hall–Kier alpha value is -3.43. The molecular weight excluding hydrogens is 461 g/mol. The highest BCUT2D eigenvalue weighted by molar-refractivity contribution is 6.00. The Balaban J connectivity index is 0.000000363. The summed E-state index contributed by atoms with van der Waals surface area (Å²) in [5, 5.41) is 3.00. The van der Waals surface area contributed by atoms with Gasteiger partial charge in [-0.2, -0.15) is 0 Å². The van der Waals surface area contributed by atoms with Crippen molar-refractivity contribution in [3.63, 3.8) is 0 Å². The predicted molar refractivity (Wildman–Crippen MR) is 129 cm³/mol. The monoisotopic (exact) mass is 492 g/mol. The van der Waals surface area contributed by atoms with Crippen LogP contribution in [0.1, 0.15) is 56.3 Å². The Morgan fingerprint density at radius 3 is 2.23 bits per heavy atom. The molecule has 0 atom stereocenters. The highest BCUT2D eigenvalue weighted by atomic mass is 19.4. The van der Waals surface area contributed by atoms with Crippen LogP contribution in [0.4, 0.5) is 24.8 Å². The van der Waals surface area contributed by atoms with Gasteiger partial charge in [0.2, 0.25) is 5.95 Å². The molecule has 1 aliphatic rings. The maximum Gasteiger partial charge on any atom is 0.573 e. The number of alkyl halides is 3. The lowest BCUT2D eigenvalue weighted by Gasteiger charge is -2.28. The zero-order chi connectivity index (χ0) is 25.8. The molecule has 0 radical (unpaired) electrons. The number of fused-ring (bicyclic) bond motifs is 1. The van der Waals surface area contributed by atoms with Gasteiger partial charge in [0.15, 0.2) is 0 Å². The fraction of sp³-hybridized carbons (Fsp3) is 0.440. The van der Waals surface area contributed by atoms with Crippen molar-refractivity contribution in [1.29, 1.82) is 0 Å². The van der Waals surface area contributed by atoms with E-state index in [0.29, 0.717) is 33.8 Å². The Kier molecular flexibility index (Phi) is 7.82. The summed E-state index contributed by atoms with van der Waals surface area (Å²) in [5.41, 5.74) is 7.91. The number of anilines is 2. The minimum absolute atomic E-state index is 0.198. The van der Waals surface area contributed by atoms with E-state index in [9.17, 15) is 18.0 Å². The van der Waals surface area contributed by atoms with Crippen LogP contribution in [0.15, 0.2) is 36.4 Å². The average Bonchev–Trinajstić information content (AvgIpc) is 3.08. The molecule has 1 amide bonds. The second-order valence-electron chi connectivity index (χ2n) is 9.32. The van der Waals surface area contributed by atoms with Gasteiger partial charge in [-0.05, 0) is 48.6 Å². The third-order valence-electron chi connectivity index (χ3n) is 6.02. The van der Waals surface area contributed by atoms with Crippen molar-refractivity contribution in [1.82, 2.24) is 9.55 Å². The Labute approximate surface area is 202 Å². The van der Waals surface area contributed by atoms with Gasteiger partial charge in [-0.1, -0.05) is 33.1 Å². The lowest BCUT2D eigenvalue weighted by atomic mass is 9.78. The minimum atomic E-state index is -4.75. The van der Waals surface area contributed by atoms with Crippen molar-refractivity contribution in [2.75, 3.05) is 12.4 Å². The number of hydrogen-bond donors (Lipinski definition) is 2. The molecule has 0 aliphatic heterocycles. The summed E-state index contributed by atoms with van der Waals surface area (Å²) in [7, 11) is 3.16. The van der Waals surface area contributed by atoms with E-state index in [1.807, 2.05) is 0 Å². The van der Waals surface area contributed by atoms with E-state index >= 15 is 0 Å². The molecule has 0 unspecified atom stereocenters. The van der Waals surface area contributed by atoms with Gasteiger partial charge in [-0.15, -0.1) is 13.2 Å². The van der Waals surface area contributed by atoms with Gasteiger partial charge >= 0.3 is 6.36 Å². The number of aromatic nitrogens is 2. The van der Waals surface area contributed by atoms with Crippen LogP contribution < -0.4 is 20.5 Å². The number of halogens is 3. The largest absolute Gasteiger partial charge is 0.573 e. The number of rotatable bonds is 5. The molecule has 2 aromatic carbocycles. The van der Waals surface area contributed by atoms with Crippen LogP contribution in [-0.4, -0.2) is 28.9 Å². The topological polar surface area (TPSA) is 91.4 Å². The van der Waals surface area contributed by atoms with Gasteiger partial charge in [0, 0.05) is 18.8 Å². The van der Waals surface area contributed by atoms with Crippen LogP contribution in [0.3, 0.4) is 0 Å². The van der Waals surface area contributed by atoms with Crippen LogP contribution in [0, 0.1) is 5.41 Å². The zero-order valence-corrected chi connectivity index (χ0v) is 20.3. The first-order valence-electron chi connectivity index (χ1n) is 11.4. The molecule has 1 aromatic heterocycles. The molecule has 0 saturated heterocycles. The van der Waals surface area contributed by atoms with E-state index in [2.05, 4.69) is 28.9 Å². The first kappa shape index (κ1) is 26.2. The number of benzene rings is 2. The molecule has 7 nitrogen and oxygen atoms in total. The summed E-state index contributed by atoms with van der Waals surface area (Å²) in [6, 6.07) is 8.38. The summed E-state index contributed by atoms with van der Waals surface area (Å²) in [4.78, 5) is 15.9. The molecule has 0 spiro atoms. The van der Waals surface area contributed by atoms with E-state index in [1.54, 1.807) is 17.7 Å². The quantitative estimate of drug-likeness (QED) is 0.436. The molecular formula is C25H31F3N4O3. The molecule has 3 N–H and O–H groups in total. The number of aryl methyl sites for hydroxylation is 1. The molecule has 1 aliphatic carbocycles. The fourth-order valence-electron chi connectivity index (χ4n) is 4.07. The van der Waals surface area contributed by atoms with Crippen LogP contribution in [0.2, 0.25) is 0 Å². The van der Waals surface area contributed by atoms with Crippen molar-refractivity contribution in [3.05, 3.63) is 42.0 Å². The molecule has 1 fully saturated rings. The van der Waals surface area contributed by atoms with Crippen LogP contribution >= 0.6 is 0 Å². The van der Waals surface area contributed by atoms with Gasteiger partial charge in [-0.25, -0.2) is 4.98 Å². The number of nitrogens with zero attached hydrogens (tertiary/aromatic N) is 2. The molecule has 10 heteroatoms. The van der Waals surface area contributed by atoms with Gasteiger partial charge in [0.1, 0.15) is 11.5 Å². The number of hydrogen-bond acceptors (Lipinski definition) is 5. The number of amides is 1. The van der Waals surface area contributed by atoms with Gasteiger partial charge < -0.3 is 25.1 Å². The molecule has 190 valence electrons. The highest BCUT2D eigenvalue weighted by Gasteiger charge is 2.31. The van der Waals surface area contributed by atoms with Crippen molar-refractivity contribution < 1.29 is 27.4 Å². The predicted octanol–water partition coefficient (Wildman–Crippen LogP) is 6.30. The van der Waals surface area contributed by atoms with Crippen molar-refractivity contribution >= 4 is 28.6 Å². The molecule has 3 aromatic rings. The van der Waals surface area contributed by atoms with Crippen molar-refractivity contribution in [3.8, 4) is 11.5 Å². The number of nitrogens with one attached hydrogen (secondary N) is 1. The summed E-state index contributed by atoms with van der Waals surface area (Å²) in [6.45, 7) is 4.76. The van der Waals surface area contributed by atoms with Crippen LogP contribution in [0.25, 0.3) is 11.0 Å². The second-order valence-corrected chi connectivity index (χ2v) is 9.32. The minimum Gasteiger partial charge on any atom is -0.496 e. The molecule has 0 bridgehead atoms. The Morgan fingerprint density at radius 2 is 1.74 bits per heavy atom. The lowest BCUT2D eigenvalue weighted by molar-refractivity contribution is -0.274. The zero-order valence-electron chi connectivity index (χ0n) is 20.3. The first-order chi connectivity index (χ1) is 16.4. The number of methoxy groups -OCH3 is 1. The number of ether oxygens (including phenoxy) is 2. The Morgan fingerprint density at radius 1 is 1.11 bits per heavy atom. The lowest BCUT2D eigenvalue weighted by Crippen LogP contribution is -2.17. The van der Waals surface area contributed by atoms with Gasteiger partial charge in [-0.3, -0.25) is 4.79 Å². The molecule has 1 saturated carbocycles. The van der Waals surface area contributed by atoms with Gasteiger partial charge in [0.25, 0.3) is 5.91 Å². The second kappa shape index (κ2) is 10.5. The van der Waals surface area contributed by atoms with E-state index in [0.717, 1.165) is 0 Å². The third-order valence-corrected chi connectivity index (χ3v) is 6.02. The average molecular weight is 493 g/mol. The van der Waals surface area contributed by atoms with E-state index < -0.39 is 12.3 Å². The summed E-state index contributed by atoms with van der Waals surface area (Å²) < 4.78 is 47.4. The number of imidazole rings is 1. The SMILES string of the molecule is CC1(C)CCCCC1.COc1cc2c(cc1C(N)=O)nc(Nc1ccc(OC(F)(F)F)cc1)n2C. The van der Waals surface area contributed by atoms with E-state index in [-0.39, 0.29) is 11.3 Å². The smallest absolute Gasteiger partial charge is 0.496 e. The summed E-state index contributed by atoms with van der Waals surface area (Å²) in [6.07, 6.45) is 2.56. The molecule has 35 heavy (non-hydrogen) atoms. The molecule has 4 rings (SSSR count). The van der Waals surface area contributed by atoms with E-state index in [1.165, 1.54) is 69.5 Å². The van der Waals surface area contributed by atoms with Crippen molar-refractivity contribution in [2.45, 2.75) is 52.3 Å². The number of carbonyl (C=O) groups excluding carboxylic acids is 1. The summed E-state index contributed by atoms with van der Waals surface area (Å²) in [5.74, 6) is -0.237. The first-order valence-corrected chi connectivity index (χ1v) is 11.4. The number of primary amides is 1. The highest BCUT2D eigenvalue weighted by Crippen LogP contribution is 2.34. The normalized spacial score (nSPS) is 15.2. The summed E-state index contributed by atoms with van der Waals surface area (Å²) >= 11 is 0. The van der Waals surface area contributed by atoms with Gasteiger partial charge in [0.05, 0.1) is 23.7 Å². The van der Waals surface area contributed by atoms with E-state index in [4.69, 9.17) is 10.5 Å².